The smallest absolute Gasteiger partial charge is 0.341 e. The van der Waals surface area contributed by atoms with Crippen molar-refractivity contribution in [3.63, 3.8) is 0 Å². The molecule has 4 nitrogen and oxygen atoms in total. The molecule has 0 saturated heterocycles. The second-order valence-corrected chi connectivity index (χ2v) is 4.65. The molecule has 0 amide bonds. The van der Waals surface area contributed by atoms with Crippen molar-refractivity contribution < 1.29 is 9.90 Å². The Hall–Kier alpha value is -2.36. The Morgan fingerprint density at radius 2 is 1.90 bits per heavy atom. The molecule has 4 heteroatoms. The molecule has 0 radical (unpaired) electrons. The molecule has 0 bridgehead atoms. The highest BCUT2D eigenvalue weighted by molar-refractivity contribution is 5.87. The number of hydrogen-bond acceptors (Lipinski definition) is 2. The lowest BCUT2D eigenvalue weighted by Crippen LogP contribution is -2.29. The van der Waals surface area contributed by atoms with Crippen LogP contribution in [0.2, 0.25) is 0 Å². The number of carbonyl (C=O) groups is 1. The molecule has 1 N–H and O–H groups in total. The predicted octanol–water partition coefficient (Wildman–Crippen LogP) is 2.94. The number of aromatic nitrogens is 1. The van der Waals surface area contributed by atoms with Gasteiger partial charge in [0.2, 0.25) is 0 Å². The van der Waals surface area contributed by atoms with Crippen molar-refractivity contribution in [2.75, 3.05) is 0 Å². The van der Waals surface area contributed by atoms with Gasteiger partial charge in [-0.1, -0.05) is 43.7 Å². The van der Waals surface area contributed by atoms with Crippen LogP contribution in [0.5, 0.6) is 0 Å². The molecule has 20 heavy (non-hydrogen) atoms. The maximum Gasteiger partial charge on any atom is 0.341 e. The molecule has 0 saturated carbocycles. The minimum atomic E-state index is -1.19. The van der Waals surface area contributed by atoms with Crippen molar-refractivity contribution in [2.45, 2.75) is 25.8 Å². The predicted molar refractivity (Wildman–Crippen MR) is 77.2 cm³/mol. The summed E-state index contributed by atoms with van der Waals surface area (Å²) in [6.07, 6.45) is 3.35. The van der Waals surface area contributed by atoms with Crippen molar-refractivity contribution in [1.29, 1.82) is 0 Å². The van der Waals surface area contributed by atoms with Crippen LogP contribution in [0.25, 0.3) is 0 Å². The summed E-state index contributed by atoms with van der Waals surface area (Å²) in [4.78, 5) is 23.4. The largest absolute Gasteiger partial charge is 0.477 e. The molecule has 0 aliphatic heterocycles. The van der Waals surface area contributed by atoms with Crippen molar-refractivity contribution in [1.82, 2.24) is 4.57 Å². The molecule has 0 aliphatic rings. The second kappa shape index (κ2) is 6.19. The van der Waals surface area contributed by atoms with E-state index >= 15 is 0 Å². The van der Waals surface area contributed by atoms with Crippen LogP contribution < -0.4 is 5.56 Å². The van der Waals surface area contributed by atoms with Crippen LogP contribution in [0.3, 0.4) is 0 Å². The Balaban J connectivity index is 2.53. The fourth-order valence-corrected chi connectivity index (χ4v) is 2.33. The van der Waals surface area contributed by atoms with Gasteiger partial charge in [0.05, 0.1) is 6.04 Å². The minimum Gasteiger partial charge on any atom is -0.477 e. The number of benzene rings is 1. The number of pyridine rings is 1. The molecular weight excluding hydrogens is 254 g/mol. The van der Waals surface area contributed by atoms with Crippen LogP contribution in [0.1, 0.15) is 41.7 Å². The van der Waals surface area contributed by atoms with Gasteiger partial charge in [-0.05, 0) is 24.1 Å². The van der Waals surface area contributed by atoms with Gasteiger partial charge in [0.15, 0.2) is 0 Å². The number of hydrogen-bond donors (Lipinski definition) is 1. The molecule has 2 aromatic rings. The van der Waals surface area contributed by atoms with E-state index in [4.69, 9.17) is 5.11 Å². The number of rotatable bonds is 5. The maximum absolute atomic E-state index is 12.3. The Morgan fingerprint density at radius 1 is 1.20 bits per heavy atom. The molecule has 104 valence electrons. The van der Waals surface area contributed by atoms with E-state index in [2.05, 4.69) is 0 Å². The van der Waals surface area contributed by atoms with Crippen molar-refractivity contribution in [2.24, 2.45) is 0 Å². The highest BCUT2D eigenvalue weighted by Gasteiger charge is 2.17. The molecular formula is C16H17NO3. The molecule has 1 aromatic carbocycles. The van der Waals surface area contributed by atoms with E-state index in [9.17, 15) is 9.59 Å². The normalized spacial score (nSPS) is 12.1. The zero-order valence-corrected chi connectivity index (χ0v) is 11.3. The van der Waals surface area contributed by atoms with E-state index in [0.717, 1.165) is 18.4 Å². The van der Waals surface area contributed by atoms with Crippen LogP contribution in [0, 0.1) is 0 Å². The topological polar surface area (TPSA) is 59.3 Å². The quantitative estimate of drug-likeness (QED) is 0.909. The number of carboxylic acid groups (broad SMARTS) is 1. The van der Waals surface area contributed by atoms with Crippen LogP contribution in [0.15, 0.2) is 53.5 Å². The minimum absolute atomic E-state index is 0.131. The van der Waals surface area contributed by atoms with Crippen LogP contribution in [-0.4, -0.2) is 15.6 Å². The first-order valence-electron chi connectivity index (χ1n) is 6.64. The Bertz CT molecular complexity index is 646. The summed E-state index contributed by atoms with van der Waals surface area (Å²) in [7, 11) is 0. The lowest BCUT2D eigenvalue weighted by Gasteiger charge is -2.20. The lowest BCUT2D eigenvalue weighted by atomic mass is 10.0. The Labute approximate surface area is 117 Å². The van der Waals surface area contributed by atoms with E-state index in [1.54, 1.807) is 12.3 Å². The van der Waals surface area contributed by atoms with Crippen LogP contribution in [0.4, 0.5) is 0 Å². The first-order valence-corrected chi connectivity index (χ1v) is 6.64. The zero-order valence-electron chi connectivity index (χ0n) is 11.3. The van der Waals surface area contributed by atoms with Gasteiger partial charge in [-0.25, -0.2) is 4.79 Å². The van der Waals surface area contributed by atoms with Gasteiger partial charge in [0.1, 0.15) is 5.56 Å². The first kappa shape index (κ1) is 14.1. The molecule has 1 atom stereocenters. The van der Waals surface area contributed by atoms with Gasteiger partial charge >= 0.3 is 5.97 Å². The Morgan fingerprint density at radius 3 is 2.50 bits per heavy atom. The molecule has 1 unspecified atom stereocenters. The summed E-state index contributed by atoms with van der Waals surface area (Å²) in [5, 5.41) is 9.06. The number of carboxylic acids is 1. The van der Waals surface area contributed by atoms with Gasteiger partial charge in [0, 0.05) is 6.20 Å². The van der Waals surface area contributed by atoms with Gasteiger partial charge < -0.3 is 9.67 Å². The zero-order chi connectivity index (χ0) is 14.5. The van der Waals surface area contributed by atoms with E-state index in [0.29, 0.717) is 0 Å². The SMILES string of the molecule is CCCC(c1ccccc1)n1cccc(C(=O)O)c1=O. The van der Waals surface area contributed by atoms with Crippen LogP contribution in [-0.2, 0) is 0 Å². The monoisotopic (exact) mass is 271 g/mol. The Kier molecular flexibility index (Phi) is 4.35. The fraction of sp³-hybridized carbons (Fsp3) is 0.250. The van der Waals surface area contributed by atoms with Crippen molar-refractivity contribution in [3.8, 4) is 0 Å². The van der Waals surface area contributed by atoms with Gasteiger partial charge in [0.25, 0.3) is 5.56 Å². The molecule has 2 rings (SSSR count). The highest BCUT2D eigenvalue weighted by atomic mass is 16.4. The highest BCUT2D eigenvalue weighted by Crippen LogP contribution is 2.21. The number of aromatic carboxylic acids is 1. The summed E-state index contributed by atoms with van der Waals surface area (Å²) in [5.41, 5.74) is 0.367. The fourth-order valence-electron chi connectivity index (χ4n) is 2.33. The standard InChI is InChI=1S/C16H17NO3/c1-2-7-14(12-8-4-3-5-9-12)17-11-6-10-13(15(17)18)16(19)20/h3-6,8-11,14H,2,7H2,1H3,(H,19,20). The maximum atomic E-state index is 12.3. The van der Waals surface area contributed by atoms with E-state index in [1.807, 2.05) is 37.3 Å². The average molecular weight is 271 g/mol. The summed E-state index contributed by atoms with van der Waals surface area (Å²) in [6.45, 7) is 2.04. The molecule has 0 spiro atoms. The van der Waals surface area contributed by atoms with Gasteiger partial charge in [-0.2, -0.15) is 0 Å². The first-order chi connectivity index (χ1) is 9.65. The van der Waals surface area contributed by atoms with Crippen LogP contribution >= 0.6 is 0 Å². The average Bonchev–Trinajstić information content (AvgIpc) is 2.46. The molecule has 0 fully saturated rings. The van der Waals surface area contributed by atoms with Gasteiger partial charge in [-0.15, -0.1) is 0 Å². The summed E-state index contributed by atoms with van der Waals surface area (Å²) in [6, 6.07) is 12.5. The summed E-state index contributed by atoms with van der Waals surface area (Å²) in [5.74, 6) is -1.19. The number of nitrogens with zero attached hydrogens (tertiary/aromatic N) is 1. The van der Waals surface area contributed by atoms with E-state index in [-0.39, 0.29) is 11.6 Å². The second-order valence-electron chi connectivity index (χ2n) is 4.65. The summed E-state index contributed by atoms with van der Waals surface area (Å²) < 4.78 is 1.52. The van der Waals surface area contributed by atoms with E-state index < -0.39 is 11.5 Å². The molecule has 1 aromatic heterocycles. The molecule has 0 aliphatic carbocycles. The third-order valence-electron chi connectivity index (χ3n) is 3.29. The van der Waals surface area contributed by atoms with E-state index in [1.165, 1.54) is 10.6 Å². The molecule has 1 heterocycles. The summed E-state index contributed by atoms with van der Waals surface area (Å²) >= 11 is 0. The van der Waals surface area contributed by atoms with Crippen molar-refractivity contribution >= 4 is 5.97 Å². The third-order valence-corrected chi connectivity index (χ3v) is 3.29. The third kappa shape index (κ3) is 2.79. The lowest BCUT2D eigenvalue weighted by molar-refractivity contribution is 0.0694. The van der Waals surface area contributed by atoms with Crippen molar-refractivity contribution in [3.05, 3.63) is 70.1 Å². The van der Waals surface area contributed by atoms with Gasteiger partial charge in [-0.3, -0.25) is 4.79 Å².